The standard InChI is InChI=1S/C20H23F2N3OS/c21-19(22)26-17-10-8-16(9-11-17)24-20(27)23-14-18(25-12-4-5-13-25)15-6-2-1-3-7-15/h1-3,6-11,18-19H,4-5,12-14H2,(H2,23,24,27)/p+1/t18-/m0/s1. The van der Waals surface area contributed by atoms with Gasteiger partial charge in [0.25, 0.3) is 0 Å². The van der Waals surface area contributed by atoms with Gasteiger partial charge in [-0.2, -0.15) is 8.78 Å². The first kappa shape index (κ1) is 19.5. The zero-order chi connectivity index (χ0) is 19.1. The van der Waals surface area contributed by atoms with Crippen LogP contribution in [0.15, 0.2) is 54.6 Å². The highest BCUT2D eigenvalue weighted by Gasteiger charge is 2.27. The molecule has 4 nitrogen and oxygen atoms in total. The van der Waals surface area contributed by atoms with E-state index in [0.717, 1.165) is 12.2 Å². The molecule has 0 radical (unpaired) electrons. The third kappa shape index (κ3) is 5.87. The van der Waals surface area contributed by atoms with Crippen LogP contribution in [0, 0.1) is 0 Å². The summed E-state index contributed by atoms with van der Waals surface area (Å²) >= 11 is 5.40. The molecule has 1 aliphatic rings. The molecule has 3 rings (SSSR count). The highest BCUT2D eigenvalue weighted by Crippen LogP contribution is 2.17. The first-order valence-corrected chi connectivity index (χ1v) is 9.52. The van der Waals surface area contributed by atoms with Crippen LogP contribution in [0.2, 0.25) is 0 Å². The lowest BCUT2D eigenvalue weighted by Gasteiger charge is -2.26. The predicted molar refractivity (Wildman–Crippen MR) is 106 cm³/mol. The molecule has 1 fully saturated rings. The van der Waals surface area contributed by atoms with Crippen molar-refractivity contribution in [1.82, 2.24) is 5.32 Å². The minimum atomic E-state index is -2.82. The molecule has 144 valence electrons. The Hall–Kier alpha value is -2.25. The number of anilines is 1. The molecular formula is C20H24F2N3OS+. The average molecular weight is 392 g/mol. The quantitative estimate of drug-likeness (QED) is 0.634. The molecule has 2 aromatic carbocycles. The van der Waals surface area contributed by atoms with Gasteiger partial charge in [0.05, 0.1) is 19.6 Å². The minimum Gasteiger partial charge on any atom is -0.435 e. The van der Waals surface area contributed by atoms with Crippen LogP contribution in [0.25, 0.3) is 0 Å². The van der Waals surface area contributed by atoms with E-state index >= 15 is 0 Å². The van der Waals surface area contributed by atoms with Gasteiger partial charge >= 0.3 is 6.61 Å². The zero-order valence-electron chi connectivity index (χ0n) is 15.0. The van der Waals surface area contributed by atoms with Gasteiger partial charge in [-0.15, -0.1) is 0 Å². The number of hydrogen-bond donors (Lipinski definition) is 3. The summed E-state index contributed by atoms with van der Waals surface area (Å²) in [5, 5.41) is 6.90. The van der Waals surface area contributed by atoms with E-state index in [2.05, 4.69) is 39.6 Å². The summed E-state index contributed by atoms with van der Waals surface area (Å²) < 4.78 is 28.8. The third-order valence-electron chi connectivity index (χ3n) is 4.74. The van der Waals surface area contributed by atoms with Crippen LogP contribution in [-0.4, -0.2) is 31.4 Å². The van der Waals surface area contributed by atoms with E-state index in [4.69, 9.17) is 12.2 Å². The van der Waals surface area contributed by atoms with Crippen molar-refractivity contribution in [3.05, 3.63) is 60.2 Å². The van der Waals surface area contributed by atoms with Crippen molar-refractivity contribution in [1.29, 1.82) is 0 Å². The van der Waals surface area contributed by atoms with Crippen molar-refractivity contribution in [3.63, 3.8) is 0 Å². The summed E-state index contributed by atoms with van der Waals surface area (Å²) in [7, 11) is 0. The van der Waals surface area contributed by atoms with E-state index in [9.17, 15) is 8.78 Å². The summed E-state index contributed by atoms with van der Waals surface area (Å²) in [6.45, 7) is 0.257. The van der Waals surface area contributed by atoms with Crippen molar-refractivity contribution in [2.45, 2.75) is 25.5 Å². The van der Waals surface area contributed by atoms with Crippen molar-refractivity contribution < 1.29 is 18.4 Å². The second-order valence-corrected chi connectivity index (χ2v) is 6.97. The second-order valence-electron chi connectivity index (χ2n) is 6.57. The Morgan fingerprint density at radius 3 is 2.33 bits per heavy atom. The first-order chi connectivity index (χ1) is 13.1. The molecule has 2 aromatic rings. The molecule has 0 saturated carbocycles. The van der Waals surface area contributed by atoms with Gasteiger partial charge < -0.3 is 20.3 Å². The Morgan fingerprint density at radius 1 is 1.04 bits per heavy atom. The summed E-state index contributed by atoms with van der Waals surface area (Å²) in [6.07, 6.45) is 2.52. The molecule has 0 unspecified atom stereocenters. The number of thiocarbonyl (C=S) groups is 1. The van der Waals surface area contributed by atoms with Gasteiger partial charge in [-0.3, -0.25) is 0 Å². The monoisotopic (exact) mass is 392 g/mol. The minimum absolute atomic E-state index is 0.121. The number of ether oxygens (including phenoxy) is 1. The average Bonchev–Trinajstić information content (AvgIpc) is 3.18. The second kappa shape index (κ2) is 9.62. The van der Waals surface area contributed by atoms with Crippen molar-refractivity contribution >= 4 is 23.0 Å². The maximum Gasteiger partial charge on any atom is 0.387 e. The predicted octanol–water partition coefficient (Wildman–Crippen LogP) is 2.99. The molecule has 1 saturated heterocycles. The Balaban J connectivity index is 1.56. The number of rotatable bonds is 7. The zero-order valence-corrected chi connectivity index (χ0v) is 15.8. The summed E-state index contributed by atoms with van der Waals surface area (Å²) in [5.74, 6) is 0.121. The fraction of sp³-hybridized carbons (Fsp3) is 0.350. The number of hydrogen-bond acceptors (Lipinski definition) is 2. The van der Waals surface area contributed by atoms with Gasteiger partial charge in [-0.05, 0) is 36.5 Å². The Labute approximate surface area is 163 Å². The Bertz CT molecular complexity index is 722. The molecule has 0 spiro atoms. The van der Waals surface area contributed by atoms with Crippen LogP contribution in [0.3, 0.4) is 0 Å². The number of halogens is 2. The molecule has 7 heteroatoms. The van der Waals surface area contributed by atoms with Gasteiger partial charge in [0.2, 0.25) is 0 Å². The van der Waals surface area contributed by atoms with Crippen LogP contribution in [0.5, 0.6) is 5.75 Å². The summed E-state index contributed by atoms with van der Waals surface area (Å²) in [6, 6.07) is 17.1. The molecule has 0 aliphatic carbocycles. The van der Waals surface area contributed by atoms with Gasteiger partial charge in [-0.1, -0.05) is 30.3 Å². The van der Waals surface area contributed by atoms with E-state index in [-0.39, 0.29) is 5.75 Å². The summed E-state index contributed by atoms with van der Waals surface area (Å²) in [4.78, 5) is 1.57. The molecule has 1 atom stereocenters. The molecule has 27 heavy (non-hydrogen) atoms. The van der Waals surface area contributed by atoms with Crippen LogP contribution in [0.4, 0.5) is 14.5 Å². The van der Waals surface area contributed by atoms with Crippen LogP contribution in [-0.2, 0) is 0 Å². The normalized spacial score (nSPS) is 15.5. The fourth-order valence-corrected chi connectivity index (χ4v) is 3.65. The van der Waals surface area contributed by atoms with Crippen LogP contribution < -0.4 is 20.3 Å². The van der Waals surface area contributed by atoms with Crippen molar-refractivity contribution in [3.8, 4) is 5.75 Å². The molecule has 0 amide bonds. The van der Waals surface area contributed by atoms with Gasteiger partial charge in [0, 0.05) is 24.1 Å². The van der Waals surface area contributed by atoms with E-state index < -0.39 is 6.61 Å². The highest BCUT2D eigenvalue weighted by atomic mass is 32.1. The molecule has 1 aliphatic heterocycles. The van der Waals surface area contributed by atoms with Gasteiger partial charge in [-0.25, -0.2) is 0 Å². The molecule has 1 heterocycles. The molecule has 3 N–H and O–H groups in total. The van der Waals surface area contributed by atoms with Gasteiger partial charge in [0.15, 0.2) is 5.11 Å². The maximum atomic E-state index is 12.2. The smallest absolute Gasteiger partial charge is 0.387 e. The number of quaternary nitrogens is 1. The lowest BCUT2D eigenvalue weighted by atomic mass is 10.1. The SMILES string of the molecule is FC(F)Oc1ccc(NC(=S)NC[C@@H](c2ccccc2)[NH+]2CCCC2)cc1. The lowest BCUT2D eigenvalue weighted by Crippen LogP contribution is -3.11. The number of nitrogens with one attached hydrogen (secondary N) is 3. The van der Waals surface area contributed by atoms with Crippen molar-refractivity contribution in [2.24, 2.45) is 0 Å². The van der Waals surface area contributed by atoms with Crippen molar-refractivity contribution in [2.75, 3.05) is 25.0 Å². The van der Waals surface area contributed by atoms with E-state index in [1.807, 2.05) is 6.07 Å². The molecule has 0 aromatic heterocycles. The van der Waals surface area contributed by atoms with E-state index in [0.29, 0.717) is 11.2 Å². The van der Waals surface area contributed by atoms with Crippen LogP contribution in [0.1, 0.15) is 24.4 Å². The number of benzene rings is 2. The number of likely N-dealkylation sites (tertiary alicyclic amines) is 1. The van der Waals surface area contributed by atoms with E-state index in [1.165, 1.54) is 43.6 Å². The first-order valence-electron chi connectivity index (χ1n) is 9.11. The largest absolute Gasteiger partial charge is 0.435 e. The highest BCUT2D eigenvalue weighted by molar-refractivity contribution is 7.80. The van der Waals surface area contributed by atoms with E-state index in [1.54, 1.807) is 17.0 Å². The summed E-state index contributed by atoms with van der Waals surface area (Å²) in [5.41, 5.74) is 2.03. The maximum absolute atomic E-state index is 12.2. The third-order valence-corrected chi connectivity index (χ3v) is 4.99. The fourth-order valence-electron chi connectivity index (χ4n) is 3.45. The van der Waals surface area contributed by atoms with Crippen LogP contribution >= 0.6 is 12.2 Å². The molecular weight excluding hydrogens is 368 g/mol. The topological polar surface area (TPSA) is 37.7 Å². The number of alkyl halides is 2. The Morgan fingerprint density at radius 2 is 1.70 bits per heavy atom. The Kier molecular flexibility index (Phi) is 6.95. The van der Waals surface area contributed by atoms with Gasteiger partial charge in [0.1, 0.15) is 11.8 Å². The lowest BCUT2D eigenvalue weighted by molar-refractivity contribution is -0.918. The molecule has 0 bridgehead atoms.